The lowest BCUT2D eigenvalue weighted by atomic mass is 9.96. The maximum absolute atomic E-state index is 12.1. The minimum absolute atomic E-state index is 0.0284. The van der Waals surface area contributed by atoms with Gasteiger partial charge >= 0.3 is 0 Å². The first kappa shape index (κ1) is 25.5. The number of unbranched alkanes of at least 4 members (excludes halogenated alkanes) is 2. The van der Waals surface area contributed by atoms with Crippen LogP contribution in [0.3, 0.4) is 0 Å². The second-order valence-electron chi connectivity index (χ2n) is 9.64. The zero-order valence-corrected chi connectivity index (χ0v) is 20.5. The minimum Gasteiger partial charge on any atom is -0.417 e. The molecule has 0 spiro atoms. The maximum atomic E-state index is 12.1. The van der Waals surface area contributed by atoms with Crippen molar-refractivity contribution in [1.82, 2.24) is 0 Å². The summed E-state index contributed by atoms with van der Waals surface area (Å²) in [6, 6.07) is 0. The summed E-state index contributed by atoms with van der Waals surface area (Å²) >= 11 is 0. The van der Waals surface area contributed by atoms with Crippen molar-refractivity contribution < 1.29 is 23.9 Å². The summed E-state index contributed by atoms with van der Waals surface area (Å²) in [4.78, 5) is 12.1. The molecule has 5 nitrogen and oxygen atoms in total. The van der Waals surface area contributed by atoms with Gasteiger partial charge in [-0.2, -0.15) is 0 Å². The van der Waals surface area contributed by atoms with Crippen molar-refractivity contribution in [3.8, 4) is 0 Å². The fourth-order valence-electron chi connectivity index (χ4n) is 3.10. The first-order chi connectivity index (χ1) is 12.9. The number of rotatable bonds is 13. The van der Waals surface area contributed by atoms with Gasteiger partial charge in [-0.1, -0.05) is 18.6 Å². The van der Waals surface area contributed by atoms with Crippen molar-refractivity contribution in [2.75, 3.05) is 13.2 Å². The fraction of sp³-hybridized carbons (Fsp3) is 0.762. The summed E-state index contributed by atoms with van der Waals surface area (Å²) < 4.78 is 11.9. The van der Waals surface area contributed by atoms with Crippen LogP contribution >= 0.6 is 0 Å². The van der Waals surface area contributed by atoms with Gasteiger partial charge in [-0.3, -0.25) is 4.79 Å². The third-order valence-corrected chi connectivity index (χ3v) is 6.58. The number of allylic oxidation sites excluding steroid dienone is 3. The summed E-state index contributed by atoms with van der Waals surface area (Å²) in [6.45, 7) is 13.1. The lowest BCUT2D eigenvalue weighted by Crippen LogP contribution is -2.34. The van der Waals surface area contributed by atoms with E-state index in [0.717, 1.165) is 31.3 Å². The molecule has 3 atom stereocenters. The molecule has 0 fully saturated rings. The number of aliphatic hydroxyl groups is 2. The Morgan fingerprint density at radius 2 is 1.86 bits per heavy atom. The Balaban J connectivity index is 2.38. The van der Waals surface area contributed by atoms with Gasteiger partial charge in [0, 0.05) is 24.5 Å². The normalized spacial score (nSPS) is 20.6. The highest BCUT2D eigenvalue weighted by atomic mass is 28.4. The quantitative estimate of drug-likeness (QED) is 0.342. The van der Waals surface area contributed by atoms with Crippen molar-refractivity contribution in [2.24, 2.45) is 5.92 Å². The number of ketones is 1. The van der Waals surface area contributed by atoms with Crippen LogP contribution in [0.25, 0.3) is 0 Å². The molecule has 1 aliphatic rings. The molecule has 1 rings (SSSR count). The number of carbonyl (C=O) groups excluding carboxylic acids is 1. The molecule has 0 bridgehead atoms. The largest absolute Gasteiger partial charge is 0.417 e. The molecule has 0 amide bonds. The fourth-order valence-corrected chi connectivity index (χ4v) is 4.88. The summed E-state index contributed by atoms with van der Waals surface area (Å²) in [5.41, 5.74) is 0.764. The van der Waals surface area contributed by atoms with Crippen LogP contribution in [-0.4, -0.2) is 58.1 Å². The summed E-state index contributed by atoms with van der Waals surface area (Å²) in [7, 11) is -3.27. The Bertz CT molecular complexity index is 546. The average molecular weight is 429 g/mol. The van der Waals surface area contributed by atoms with E-state index in [4.69, 9.17) is 8.85 Å². The van der Waals surface area contributed by atoms with Gasteiger partial charge in [-0.15, -0.1) is 0 Å². The lowest BCUT2D eigenvalue weighted by Gasteiger charge is -2.26. The zero-order valence-electron chi connectivity index (χ0n) is 18.5. The molecule has 0 aromatic heterocycles. The van der Waals surface area contributed by atoms with Crippen LogP contribution in [-0.2, 0) is 13.6 Å². The molecule has 0 saturated heterocycles. The van der Waals surface area contributed by atoms with Gasteiger partial charge in [-0.25, -0.2) is 0 Å². The second-order valence-corrected chi connectivity index (χ2v) is 18.6. The Labute approximate surface area is 173 Å². The van der Waals surface area contributed by atoms with E-state index in [0.29, 0.717) is 13.0 Å². The molecule has 162 valence electrons. The summed E-state index contributed by atoms with van der Waals surface area (Å²) in [5, 5.41) is 19.3. The van der Waals surface area contributed by atoms with Gasteiger partial charge in [-0.05, 0) is 64.6 Å². The van der Waals surface area contributed by atoms with E-state index < -0.39 is 22.7 Å². The molecule has 0 saturated carbocycles. The lowest BCUT2D eigenvalue weighted by molar-refractivity contribution is -0.115. The Hall–Kier alpha value is -0.576. The molecule has 0 heterocycles. The van der Waals surface area contributed by atoms with E-state index in [1.165, 1.54) is 0 Å². The van der Waals surface area contributed by atoms with Gasteiger partial charge in [0.15, 0.2) is 22.4 Å². The van der Waals surface area contributed by atoms with Crippen LogP contribution < -0.4 is 0 Å². The molecule has 3 unspecified atom stereocenters. The van der Waals surface area contributed by atoms with E-state index in [1.807, 2.05) is 12.2 Å². The number of hydrogen-bond acceptors (Lipinski definition) is 5. The predicted molar refractivity (Wildman–Crippen MR) is 119 cm³/mol. The van der Waals surface area contributed by atoms with E-state index in [9.17, 15) is 15.0 Å². The SMILES string of the molecule is C[Si](C)(C)OCC(CCCCC=CC1=CC(O[Si](C)(C)C)CC1=O)C(O)CO. The maximum Gasteiger partial charge on any atom is 0.184 e. The van der Waals surface area contributed by atoms with Crippen molar-refractivity contribution >= 4 is 22.4 Å². The molecular weight excluding hydrogens is 388 g/mol. The van der Waals surface area contributed by atoms with Crippen LogP contribution in [0.1, 0.15) is 32.1 Å². The molecule has 28 heavy (non-hydrogen) atoms. The predicted octanol–water partition coefficient (Wildman–Crippen LogP) is 4.04. The van der Waals surface area contributed by atoms with Gasteiger partial charge in [0.1, 0.15) is 0 Å². The minimum atomic E-state index is -1.64. The van der Waals surface area contributed by atoms with E-state index >= 15 is 0 Å². The van der Waals surface area contributed by atoms with Crippen LogP contribution in [0.15, 0.2) is 23.8 Å². The van der Waals surface area contributed by atoms with Gasteiger partial charge < -0.3 is 19.1 Å². The molecule has 1 aliphatic carbocycles. The van der Waals surface area contributed by atoms with Gasteiger partial charge in [0.25, 0.3) is 0 Å². The molecule has 0 radical (unpaired) electrons. The van der Waals surface area contributed by atoms with Crippen molar-refractivity contribution in [3.05, 3.63) is 23.8 Å². The van der Waals surface area contributed by atoms with Crippen LogP contribution in [0.2, 0.25) is 39.3 Å². The number of carbonyl (C=O) groups is 1. The van der Waals surface area contributed by atoms with E-state index in [2.05, 4.69) is 45.4 Å². The highest BCUT2D eigenvalue weighted by molar-refractivity contribution is 6.70. The smallest absolute Gasteiger partial charge is 0.184 e. The summed E-state index contributed by atoms with van der Waals surface area (Å²) in [5.74, 6) is 0.133. The topological polar surface area (TPSA) is 76.0 Å². The number of hydrogen-bond donors (Lipinski definition) is 2. The van der Waals surface area contributed by atoms with Gasteiger partial charge in [0.05, 0.1) is 18.8 Å². The highest BCUT2D eigenvalue weighted by Crippen LogP contribution is 2.23. The first-order valence-electron chi connectivity index (χ1n) is 10.4. The average Bonchev–Trinajstić information content (AvgIpc) is 2.89. The molecule has 7 heteroatoms. The Morgan fingerprint density at radius 1 is 1.18 bits per heavy atom. The first-order valence-corrected chi connectivity index (χ1v) is 17.2. The Kier molecular flexibility index (Phi) is 10.5. The molecule has 0 aromatic rings. The van der Waals surface area contributed by atoms with Crippen LogP contribution in [0, 0.1) is 5.92 Å². The second kappa shape index (κ2) is 11.6. The molecule has 0 aliphatic heterocycles. The zero-order chi connectivity index (χ0) is 21.4. The number of aliphatic hydroxyl groups excluding tert-OH is 2. The third-order valence-electron chi connectivity index (χ3n) is 4.53. The van der Waals surface area contributed by atoms with Crippen molar-refractivity contribution in [3.63, 3.8) is 0 Å². The highest BCUT2D eigenvalue weighted by Gasteiger charge is 2.27. The van der Waals surface area contributed by atoms with Crippen molar-refractivity contribution in [2.45, 2.75) is 83.6 Å². The molecular formula is C21H40O5Si2. The Morgan fingerprint density at radius 3 is 2.43 bits per heavy atom. The molecule has 0 aromatic carbocycles. The summed E-state index contributed by atoms with van der Waals surface area (Å²) in [6.07, 6.45) is 9.25. The van der Waals surface area contributed by atoms with E-state index in [1.54, 1.807) is 0 Å². The third kappa shape index (κ3) is 10.8. The monoisotopic (exact) mass is 428 g/mol. The standard InChI is InChI=1S/C21H40O5Si2/c1-27(2,3)25-16-18(21(24)15-22)12-10-8-7-9-11-17-13-19(14-20(17)23)26-28(4,5)6/h9,11,13,18-19,21-22,24H,7-8,10,12,14-16H2,1-6H3. The molecule has 2 N–H and O–H groups in total. The van der Waals surface area contributed by atoms with E-state index in [-0.39, 0.29) is 24.4 Å². The van der Waals surface area contributed by atoms with Crippen LogP contribution in [0.4, 0.5) is 0 Å². The van der Waals surface area contributed by atoms with Crippen molar-refractivity contribution in [1.29, 1.82) is 0 Å². The number of Topliss-reactive ketones (excluding diaryl/α,β-unsaturated/α-hetero) is 1. The van der Waals surface area contributed by atoms with Crippen LogP contribution in [0.5, 0.6) is 0 Å². The van der Waals surface area contributed by atoms with Gasteiger partial charge in [0.2, 0.25) is 0 Å².